The second kappa shape index (κ2) is 9.73. The largest absolute Gasteiger partial charge is 0.433 e. The molecule has 0 saturated heterocycles. The van der Waals surface area contributed by atoms with E-state index in [0.717, 1.165) is 35.9 Å². The van der Waals surface area contributed by atoms with Crippen molar-refractivity contribution in [2.24, 2.45) is 0 Å². The molecule has 0 saturated carbocycles. The van der Waals surface area contributed by atoms with Gasteiger partial charge in [-0.15, -0.1) is 0 Å². The van der Waals surface area contributed by atoms with Gasteiger partial charge in [-0.2, -0.15) is 8.78 Å². The van der Waals surface area contributed by atoms with Gasteiger partial charge in [-0.25, -0.2) is 4.98 Å². The summed E-state index contributed by atoms with van der Waals surface area (Å²) in [5.74, 6) is -0.361. The van der Waals surface area contributed by atoms with Gasteiger partial charge in [0.1, 0.15) is 5.75 Å². The van der Waals surface area contributed by atoms with Crippen molar-refractivity contribution in [3.63, 3.8) is 0 Å². The zero-order chi connectivity index (χ0) is 20.0. The van der Waals surface area contributed by atoms with Gasteiger partial charge in [0.2, 0.25) is 5.91 Å². The van der Waals surface area contributed by atoms with Crippen LogP contribution < -0.4 is 10.1 Å². The molecule has 0 bridgehead atoms. The van der Waals surface area contributed by atoms with Crippen molar-refractivity contribution in [3.05, 3.63) is 35.7 Å². The van der Waals surface area contributed by atoms with Crippen LogP contribution in [0.4, 0.5) is 14.5 Å². The molecule has 0 spiro atoms. The molecule has 148 valence electrons. The number of carbonyl (C=O) groups is 1. The summed E-state index contributed by atoms with van der Waals surface area (Å²) >= 11 is 1.35. The lowest BCUT2D eigenvalue weighted by Crippen LogP contribution is -2.23. The molecular weight excluding hydrogens is 372 g/mol. The lowest BCUT2D eigenvalue weighted by Gasteiger charge is -2.15. The summed E-state index contributed by atoms with van der Waals surface area (Å²) < 4.78 is 31.6. The molecule has 0 aliphatic heterocycles. The highest BCUT2D eigenvalue weighted by Gasteiger charge is 2.21. The van der Waals surface area contributed by atoms with Crippen molar-refractivity contribution < 1.29 is 18.3 Å². The SMILES string of the molecule is CCCCn1c(SC(C)C(=O)Nc2ccccc2OC(F)F)nc(C)c1C. The lowest BCUT2D eigenvalue weighted by molar-refractivity contribution is -0.115. The molecule has 0 radical (unpaired) electrons. The number of alkyl halides is 2. The number of rotatable bonds is 9. The third-order valence-electron chi connectivity index (χ3n) is 4.17. The van der Waals surface area contributed by atoms with Gasteiger partial charge in [-0.05, 0) is 39.3 Å². The van der Waals surface area contributed by atoms with E-state index in [1.54, 1.807) is 19.1 Å². The fourth-order valence-electron chi connectivity index (χ4n) is 2.51. The van der Waals surface area contributed by atoms with E-state index in [0.29, 0.717) is 0 Å². The van der Waals surface area contributed by atoms with Crippen LogP contribution in [0.3, 0.4) is 0 Å². The zero-order valence-electron chi connectivity index (χ0n) is 16.0. The Balaban J connectivity index is 2.10. The van der Waals surface area contributed by atoms with Gasteiger partial charge in [-0.3, -0.25) is 4.79 Å². The van der Waals surface area contributed by atoms with Crippen LogP contribution in [-0.4, -0.2) is 27.3 Å². The molecule has 27 heavy (non-hydrogen) atoms. The average molecular weight is 397 g/mol. The number of para-hydroxylation sites is 2. The second-order valence-corrected chi connectivity index (χ2v) is 7.50. The van der Waals surface area contributed by atoms with Gasteiger partial charge in [0.15, 0.2) is 5.16 Å². The highest BCUT2D eigenvalue weighted by molar-refractivity contribution is 8.00. The first-order valence-electron chi connectivity index (χ1n) is 8.88. The Morgan fingerprint density at radius 2 is 2.04 bits per heavy atom. The Morgan fingerprint density at radius 1 is 1.33 bits per heavy atom. The van der Waals surface area contributed by atoms with Gasteiger partial charge in [-0.1, -0.05) is 37.2 Å². The number of nitrogens with one attached hydrogen (secondary N) is 1. The molecule has 1 N–H and O–H groups in total. The summed E-state index contributed by atoms with van der Waals surface area (Å²) in [5.41, 5.74) is 2.25. The highest BCUT2D eigenvalue weighted by Crippen LogP contribution is 2.29. The maximum absolute atomic E-state index is 12.6. The molecule has 2 rings (SSSR count). The van der Waals surface area contributed by atoms with E-state index in [2.05, 4.69) is 26.5 Å². The van der Waals surface area contributed by atoms with E-state index in [9.17, 15) is 13.6 Å². The van der Waals surface area contributed by atoms with Crippen LogP contribution >= 0.6 is 11.8 Å². The standard InChI is InChI=1S/C19H25F2N3O2S/c1-5-6-11-24-13(3)12(2)22-19(24)27-14(4)17(25)23-15-9-7-8-10-16(15)26-18(20)21/h7-10,14,18H,5-6,11H2,1-4H3,(H,23,25). The van der Waals surface area contributed by atoms with Gasteiger partial charge >= 0.3 is 6.61 Å². The van der Waals surface area contributed by atoms with E-state index in [4.69, 9.17) is 0 Å². The first kappa shape index (κ1) is 21.2. The number of aryl methyl sites for hydroxylation is 1. The Kier molecular flexibility index (Phi) is 7.65. The minimum absolute atomic E-state index is 0.0609. The molecule has 1 aromatic carbocycles. The number of amides is 1. The number of hydrogen-bond acceptors (Lipinski definition) is 4. The van der Waals surface area contributed by atoms with E-state index >= 15 is 0 Å². The molecule has 1 heterocycles. The number of hydrogen-bond donors (Lipinski definition) is 1. The van der Waals surface area contributed by atoms with Crippen molar-refractivity contribution in [1.82, 2.24) is 9.55 Å². The maximum atomic E-state index is 12.6. The number of nitrogens with zero attached hydrogens (tertiary/aromatic N) is 2. The summed E-state index contributed by atoms with van der Waals surface area (Å²) in [6.45, 7) is 5.76. The van der Waals surface area contributed by atoms with Crippen LogP contribution in [0, 0.1) is 13.8 Å². The maximum Gasteiger partial charge on any atom is 0.387 e. The number of imidazole rings is 1. The lowest BCUT2D eigenvalue weighted by atomic mass is 10.3. The number of unbranched alkanes of at least 4 members (excludes halogenated alkanes) is 1. The van der Waals surface area contributed by atoms with Crippen LogP contribution in [-0.2, 0) is 11.3 Å². The molecule has 8 heteroatoms. The molecule has 1 unspecified atom stereocenters. The van der Waals surface area contributed by atoms with Crippen LogP contribution in [0.2, 0.25) is 0 Å². The van der Waals surface area contributed by atoms with E-state index < -0.39 is 11.9 Å². The minimum Gasteiger partial charge on any atom is -0.433 e. The van der Waals surface area contributed by atoms with E-state index in [1.807, 2.05) is 13.8 Å². The molecule has 2 aromatic rings. The molecule has 0 aliphatic rings. The molecule has 1 aromatic heterocycles. The Morgan fingerprint density at radius 3 is 2.70 bits per heavy atom. The first-order valence-corrected chi connectivity index (χ1v) is 9.76. The van der Waals surface area contributed by atoms with Gasteiger partial charge in [0, 0.05) is 12.2 Å². The molecule has 5 nitrogen and oxygen atoms in total. The van der Waals surface area contributed by atoms with E-state index in [1.165, 1.54) is 23.9 Å². The molecular formula is C19H25F2N3O2S. The summed E-state index contributed by atoms with van der Waals surface area (Å²) in [7, 11) is 0. The number of ether oxygens (including phenoxy) is 1. The number of carbonyl (C=O) groups excluding carboxylic acids is 1. The second-order valence-electron chi connectivity index (χ2n) is 6.19. The molecule has 0 fully saturated rings. The molecule has 1 amide bonds. The fraction of sp³-hybridized carbons (Fsp3) is 0.474. The third-order valence-corrected chi connectivity index (χ3v) is 5.26. The minimum atomic E-state index is -2.95. The quantitative estimate of drug-likeness (QED) is 0.604. The van der Waals surface area contributed by atoms with Gasteiger partial charge in [0.25, 0.3) is 0 Å². The predicted octanol–water partition coefficient (Wildman–Crippen LogP) is 5.02. The monoisotopic (exact) mass is 397 g/mol. The summed E-state index contributed by atoms with van der Waals surface area (Å²) in [6, 6.07) is 6.14. The number of benzene rings is 1. The first-order chi connectivity index (χ1) is 12.8. The Labute approximate surface area is 162 Å². The Hall–Kier alpha value is -2.09. The normalized spacial score (nSPS) is 12.3. The predicted molar refractivity (Wildman–Crippen MR) is 104 cm³/mol. The number of aromatic nitrogens is 2. The van der Waals surface area contributed by atoms with E-state index in [-0.39, 0.29) is 17.3 Å². The average Bonchev–Trinajstić information content (AvgIpc) is 2.88. The smallest absolute Gasteiger partial charge is 0.387 e. The molecule has 0 aliphatic carbocycles. The fourth-order valence-corrected chi connectivity index (χ4v) is 3.53. The van der Waals surface area contributed by atoms with Crippen LogP contribution in [0.5, 0.6) is 5.75 Å². The van der Waals surface area contributed by atoms with Crippen molar-refractivity contribution in [2.45, 2.75) is 64.1 Å². The van der Waals surface area contributed by atoms with Crippen molar-refractivity contribution in [2.75, 3.05) is 5.32 Å². The van der Waals surface area contributed by atoms with Crippen LogP contribution in [0.25, 0.3) is 0 Å². The summed E-state index contributed by atoms with van der Waals surface area (Å²) in [4.78, 5) is 17.1. The van der Waals surface area contributed by atoms with Crippen molar-refractivity contribution in [1.29, 1.82) is 0 Å². The Bertz CT molecular complexity index is 780. The third kappa shape index (κ3) is 5.69. The molecule has 1 atom stereocenters. The number of thioether (sulfide) groups is 1. The van der Waals surface area contributed by atoms with Crippen molar-refractivity contribution >= 4 is 23.4 Å². The van der Waals surface area contributed by atoms with Crippen LogP contribution in [0.15, 0.2) is 29.4 Å². The van der Waals surface area contributed by atoms with Gasteiger partial charge in [0.05, 0.1) is 16.6 Å². The van der Waals surface area contributed by atoms with Gasteiger partial charge < -0.3 is 14.6 Å². The summed E-state index contributed by atoms with van der Waals surface area (Å²) in [6.07, 6.45) is 2.10. The number of halogens is 2. The highest BCUT2D eigenvalue weighted by atomic mass is 32.2. The topological polar surface area (TPSA) is 56.2 Å². The zero-order valence-corrected chi connectivity index (χ0v) is 16.8. The van der Waals surface area contributed by atoms with Crippen LogP contribution in [0.1, 0.15) is 38.1 Å². The number of anilines is 1. The summed E-state index contributed by atoms with van der Waals surface area (Å²) in [5, 5.41) is 3.00. The van der Waals surface area contributed by atoms with Crippen molar-refractivity contribution in [3.8, 4) is 5.75 Å².